The lowest BCUT2D eigenvalue weighted by Gasteiger charge is -2.09. The van der Waals surface area contributed by atoms with Crippen LogP contribution in [0.4, 0.5) is 0 Å². The molecule has 1 aromatic heterocycles. The minimum Gasteiger partial charge on any atom is -0.462 e. The monoisotopic (exact) mass is 433 g/mol. The molecule has 0 atom stereocenters. The summed E-state index contributed by atoms with van der Waals surface area (Å²) in [6.45, 7) is 3.91. The highest BCUT2D eigenvalue weighted by Gasteiger charge is 2.23. The van der Waals surface area contributed by atoms with Crippen molar-refractivity contribution in [2.24, 2.45) is 0 Å². The topological polar surface area (TPSA) is 57.5 Å². The Morgan fingerprint density at radius 2 is 1.65 bits per heavy atom. The molecule has 0 N–H and O–H groups in total. The summed E-state index contributed by atoms with van der Waals surface area (Å²) in [5, 5.41) is 1.19. The first-order valence-corrected chi connectivity index (χ1v) is 10.2. The summed E-state index contributed by atoms with van der Waals surface area (Å²) in [7, 11) is 0. The van der Waals surface area contributed by atoms with Gasteiger partial charge in [0, 0.05) is 21.8 Å². The summed E-state index contributed by atoms with van der Waals surface area (Å²) in [6, 6.07) is 21.4. The standard InChI is InChI=1S/C25H20ClNO4/c1-3-30-25(29)23-16(2)27(19-7-5-4-6-8-19)22-14-13-20(15-21(22)23)31-24(28)17-9-11-18(26)12-10-17/h4-15H,3H2,1-2H3. The lowest BCUT2D eigenvalue weighted by Crippen LogP contribution is -2.08. The molecule has 1 heterocycles. The smallest absolute Gasteiger partial charge is 0.343 e. The van der Waals surface area contributed by atoms with E-state index in [9.17, 15) is 9.59 Å². The van der Waals surface area contributed by atoms with Crippen LogP contribution in [-0.4, -0.2) is 23.1 Å². The number of nitrogens with zero attached hydrogens (tertiary/aromatic N) is 1. The van der Waals surface area contributed by atoms with Gasteiger partial charge in [-0.1, -0.05) is 29.8 Å². The second kappa shape index (κ2) is 8.66. The molecule has 0 aliphatic rings. The average molecular weight is 434 g/mol. The van der Waals surface area contributed by atoms with Crippen LogP contribution in [-0.2, 0) is 4.74 Å². The van der Waals surface area contributed by atoms with E-state index in [1.807, 2.05) is 47.9 Å². The highest BCUT2D eigenvalue weighted by atomic mass is 35.5. The van der Waals surface area contributed by atoms with Crippen molar-refractivity contribution in [1.82, 2.24) is 4.57 Å². The Balaban J connectivity index is 1.80. The first kappa shape index (κ1) is 20.7. The van der Waals surface area contributed by atoms with Gasteiger partial charge in [-0.05, 0) is 68.4 Å². The third kappa shape index (κ3) is 4.05. The van der Waals surface area contributed by atoms with Gasteiger partial charge in [-0.2, -0.15) is 0 Å². The predicted octanol–water partition coefficient (Wildman–Crippen LogP) is 5.99. The van der Waals surface area contributed by atoms with E-state index in [0.29, 0.717) is 27.3 Å². The van der Waals surface area contributed by atoms with E-state index in [2.05, 4.69) is 0 Å². The van der Waals surface area contributed by atoms with Crippen LogP contribution in [0, 0.1) is 6.92 Å². The van der Waals surface area contributed by atoms with Crippen molar-refractivity contribution in [2.75, 3.05) is 6.61 Å². The molecular weight excluding hydrogens is 414 g/mol. The number of rotatable bonds is 5. The Morgan fingerprint density at radius 3 is 2.32 bits per heavy atom. The van der Waals surface area contributed by atoms with Crippen LogP contribution >= 0.6 is 11.6 Å². The summed E-state index contributed by atoms with van der Waals surface area (Å²) in [6.07, 6.45) is 0. The maximum absolute atomic E-state index is 12.8. The van der Waals surface area contributed by atoms with Crippen LogP contribution in [0.2, 0.25) is 5.02 Å². The normalized spacial score (nSPS) is 10.8. The first-order valence-electron chi connectivity index (χ1n) is 9.85. The molecule has 0 unspecified atom stereocenters. The Hall–Kier alpha value is -3.57. The van der Waals surface area contributed by atoms with E-state index in [1.54, 1.807) is 43.3 Å². The Bertz CT molecular complexity index is 1260. The SMILES string of the molecule is CCOC(=O)c1c(C)n(-c2ccccc2)c2ccc(OC(=O)c3ccc(Cl)cc3)cc12. The lowest BCUT2D eigenvalue weighted by molar-refractivity contribution is 0.0527. The molecule has 0 fully saturated rings. The highest BCUT2D eigenvalue weighted by Crippen LogP contribution is 2.33. The van der Waals surface area contributed by atoms with Crippen LogP contribution < -0.4 is 4.74 Å². The first-order chi connectivity index (χ1) is 15.0. The van der Waals surface area contributed by atoms with E-state index in [0.717, 1.165) is 16.9 Å². The molecule has 156 valence electrons. The van der Waals surface area contributed by atoms with Crippen LogP contribution in [0.1, 0.15) is 33.3 Å². The summed E-state index contributed by atoms with van der Waals surface area (Å²) in [4.78, 5) is 25.3. The molecule has 0 amide bonds. The molecule has 3 aromatic carbocycles. The number of halogens is 1. The fourth-order valence-corrected chi connectivity index (χ4v) is 3.71. The van der Waals surface area contributed by atoms with Crippen molar-refractivity contribution in [3.63, 3.8) is 0 Å². The van der Waals surface area contributed by atoms with Crippen molar-refractivity contribution in [1.29, 1.82) is 0 Å². The van der Waals surface area contributed by atoms with Gasteiger partial charge in [0.05, 0.1) is 23.3 Å². The molecule has 0 aliphatic carbocycles. The molecule has 6 heteroatoms. The van der Waals surface area contributed by atoms with Crippen LogP contribution in [0.3, 0.4) is 0 Å². The van der Waals surface area contributed by atoms with Crippen LogP contribution in [0.15, 0.2) is 72.8 Å². The van der Waals surface area contributed by atoms with Gasteiger partial charge in [-0.3, -0.25) is 0 Å². The van der Waals surface area contributed by atoms with Crippen molar-refractivity contribution in [2.45, 2.75) is 13.8 Å². The molecule has 4 aromatic rings. The number of fused-ring (bicyclic) bond motifs is 1. The molecule has 0 bridgehead atoms. The largest absolute Gasteiger partial charge is 0.462 e. The maximum atomic E-state index is 12.8. The number of hydrogen-bond acceptors (Lipinski definition) is 4. The van der Waals surface area contributed by atoms with E-state index >= 15 is 0 Å². The zero-order valence-corrected chi connectivity index (χ0v) is 17.8. The Labute approximate surface area is 184 Å². The number of ether oxygens (including phenoxy) is 2. The zero-order chi connectivity index (χ0) is 22.0. The van der Waals surface area contributed by atoms with Crippen molar-refractivity contribution < 1.29 is 19.1 Å². The van der Waals surface area contributed by atoms with Crippen LogP contribution in [0.5, 0.6) is 5.75 Å². The molecular formula is C25H20ClNO4. The number of carbonyl (C=O) groups excluding carboxylic acids is 2. The van der Waals surface area contributed by atoms with Crippen molar-refractivity contribution in [3.8, 4) is 11.4 Å². The Kier molecular flexibility index (Phi) is 5.78. The molecule has 0 aliphatic heterocycles. The number of hydrogen-bond donors (Lipinski definition) is 0. The molecule has 0 radical (unpaired) electrons. The van der Waals surface area contributed by atoms with Crippen molar-refractivity contribution in [3.05, 3.63) is 94.6 Å². The van der Waals surface area contributed by atoms with E-state index in [4.69, 9.17) is 21.1 Å². The summed E-state index contributed by atoms with van der Waals surface area (Å²) in [5.41, 5.74) is 3.32. The van der Waals surface area contributed by atoms with E-state index in [-0.39, 0.29) is 6.61 Å². The fraction of sp³-hybridized carbons (Fsp3) is 0.120. The van der Waals surface area contributed by atoms with Gasteiger partial charge in [0.1, 0.15) is 5.75 Å². The van der Waals surface area contributed by atoms with Crippen molar-refractivity contribution >= 4 is 34.4 Å². The number of para-hydroxylation sites is 1. The molecule has 5 nitrogen and oxygen atoms in total. The van der Waals surface area contributed by atoms with E-state index < -0.39 is 11.9 Å². The number of carbonyl (C=O) groups is 2. The highest BCUT2D eigenvalue weighted by molar-refractivity contribution is 6.30. The minimum absolute atomic E-state index is 0.265. The Morgan fingerprint density at radius 1 is 0.935 bits per heavy atom. The van der Waals surface area contributed by atoms with Gasteiger partial charge in [-0.15, -0.1) is 0 Å². The van der Waals surface area contributed by atoms with Gasteiger partial charge in [-0.25, -0.2) is 9.59 Å². The number of esters is 2. The molecule has 0 spiro atoms. The molecule has 0 saturated heterocycles. The van der Waals surface area contributed by atoms with Gasteiger partial charge in [0.15, 0.2) is 0 Å². The summed E-state index contributed by atoms with van der Waals surface area (Å²) < 4.78 is 12.8. The maximum Gasteiger partial charge on any atom is 0.343 e. The molecule has 31 heavy (non-hydrogen) atoms. The second-order valence-corrected chi connectivity index (χ2v) is 7.36. The third-order valence-electron chi connectivity index (χ3n) is 4.96. The summed E-state index contributed by atoms with van der Waals surface area (Å²) in [5.74, 6) is -0.586. The molecule has 4 rings (SSSR count). The number of aromatic nitrogens is 1. The van der Waals surface area contributed by atoms with Gasteiger partial charge in [0.2, 0.25) is 0 Å². The minimum atomic E-state index is -0.507. The molecule has 0 saturated carbocycles. The average Bonchev–Trinajstić information content (AvgIpc) is 3.06. The predicted molar refractivity (Wildman–Crippen MR) is 120 cm³/mol. The van der Waals surface area contributed by atoms with Gasteiger partial charge in [0.25, 0.3) is 0 Å². The zero-order valence-electron chi connectivity index (χ0n) is 17.1. The quantitative estimate of drug-likeness (QED) is 0.286. The van der Waals surface area contributed by atoms with Gasteiger partial charge >= 0.3 is 11.9 Å². The third-order valence-corrected chi connectivity index (χ3v) is 5.21. The lowest BCUT2D eigenvalue weighted by atomic mass is 10.1. The fourth-order valence-electron chi connectivity index (χ4n) is 3.58. The second-order valence-electron chi connectivity index (χ2n) is 6.93. The van der Waals surface area contributed by atoms with Crippen LogP contribution in [0.25, 0.3) is 16.6 Å². The number of benzene rings is 3. The van der Waals surface area contributed by atoms with Gasteiger partial charge < -0.3 is 14.0 Å². The van der Waals surface area contributed by atoms with E-state index in [1.165, 1.54) is 0 Å². The summed E-state index contributed by atoms with van der Waals surface area (Å²) >= 11 is 5.88.